The summed E-state index contributed by atoms with van der Waals surface area (Å²) in [6.45, 7) is 1.18. The third-order valence-corrected chi connectivity index (χ3v) is 3.58. The van der Waals surface area contributed by atoms with Crippen LogP contribution in [0, 0.1) is 5.82 Å². The van der Waals surface area contributed by atoms with E-state index >= 15 is 0 Å². The minimum Gasteiger partial charge on any atom is -0.478 e. The Labute approximate surface area is 121 Å². The highest BCUT2D eigenvalue weighted by Crippen LogP contribution is 2.22. The lowest BCUT2D eigenvalue weighted by Crippen LogP contribution is -2.39. The van der Waals surface area contributed by atoms with Gasteiger partial charge in [0.05, 0.1) is 6.04 Å². The van der Waals surface area contributed by atoms with Crippen LogP contribution in [0.5, 0.6) is 0 Å². The lowest BCUT2D eigenvalue weighted by Gasteiger charge is -2.22. The van der Waals surface area contributed by atoms with Crippen molar-refractivity contribution >= 4 is 18.0 Å². The number of carbonyl (C=O) groups excluding carboxylic acids is 1. The Morgan fingerprint density at radius 2 is 2.24 bits per heavy atom. The molecule has 1 heterocycles. The van der Waals surface area contributed by atoms with Crippen LogP contribution in [0.1, 0.15) is 24.0 Å². The number of halogens is 1. The molecule has 0 aromatic heterocycles. The molecule has 1 aliphatic heterocycles. The van der Waals surface area contributed by atoms with Gasteiger partial charge in [0.15, 0.2) is 0 Å². The molecule has 0 saturated carbocycles. The monoisotopic (exact) mass is 292 g/mol. The first-order chi connectivity index (χ1) is 9.97. The summed E-state index contributed by atoms with van der Waals surface area (Å²) < 4.78 is 13.3. The van der Waals surface area contributed by atoms with E-state index in [-0.39, 0.29) is 11.9 Å². The fourth-order valence-electron chi connectivity index (χ4n) is 2.58. The summed E-state index contributed by atoms with van der Waals surface area (Å²) in [6, 6.07) is 3.89. The Hall–Kier alpha value is -2.21. The van der Waals surface area contributed by atoms with E-state index in [9.17, 15) is 14.0 Å². The van der Waals surface area contributed by atoms with Crippen LogP contribution in [0.15, 0.2) is 24.3 Å². The lowest BCUT2D eigenvalue weighted by molar-refractivity contribution is -0.131. The number of primary amides is 1. The summed E-state index contributed by atoms with van der Waals surface area (Å²) in [5.41, 5.74) is 6.63. The van der Waals surface area contributed by atoms with Gasteiger partial charge >= 0.3 is 5.97 Å². The number of carboxylic acid groups (broad SMARTS) is 1. The van der Waals surface area contributed by atoms with Crippen LogP contribution in [0.4, 0.5) is 4.39 Å². The van der Waals surface area contributed by atoms with Crippen molar-refractivity contribution in [1.82, 2.24) is 4.90 Å². The van der Waals surface area contributed by atoms with Gasteiger partial charge in [0, 0.05) is 12.6 Å². The second kappa shape index (κ2) is 6.49. The third kappa shape index (κ3) is 3.88. The highest BCUT2D eigenvalue weighted by atomic mass is 19.1. The number of hydrogen-bond donors (Lipinski definition) is 2. The first kappa shape index (κ1) is 15.2. The first-order valence-corrected chi connectivity index (χ1v) is 6.70. The topological polar surface area (TPSA) is 83.6 Å². The molecule has 2 rings (SSSR count). The molecule has 6 heteroatoms. The number of nitrogens with zero attached hydrogens (tertiary/aromatic N) is 1. The van der Waals surface area contributed by atoms with E-state index in [0.717, 1.165) is 31.0 Å². The molecule has 0 bridgehead atoms. The minimum atomic E-state index is -1.10. The number of amides is 1. The van der Waals surface area contributed by atoms with Crippen molar-refractivity contribution < 1.29 is 19.1 Å². The van der Waals surface area contributed by atoms with Crippen LogP contribution in [0.3, 0.4) is 0 Å². The summed E-state index contributed by atoms with van der Waals surface area (Å²) in [7, 11) is 0. The predicted octanol–water partition coefficient (Wildman–Crippen LogP) is 1.37. The van der Waals surface area contributed by atoms with Gasteiger partial charge in [0.2, 0.25) is 5.91 Å². The summed E-state index contributed by atoms with van der Waals surface area (Å²) in [5, 5.41) is 8.68. The van der Waals surface area contributed by atoms with Gasteiger partial charge in [0.1, 0.15) is 5.82 Å². The Bertz CT molecular complexity index is 586. The van der Waals surface area contributed by atoms with Crippen LogP contribution in [0.2, 0.25) is 0 Å². The summed E-state index contributed by atoms with van der Waals surface area (Å²) >= 11 is 0. The molecular weight excluding hydrogens is 275 g/mol. The first-order valence-electron chi connectivity index (χ1n) is 6.70. The number of rotatable bonds is 5. The van der Waals surface area contributed by atoms with Crippen molar-refractivity contribution in [1.29, 1.82) is 0 Å². The maximum atomic E-state index is 13.3. The molecule has 21 heavy (non-hydrogen) atoms. The molecule has 0 aliphatic carbocycles. The number of likely N-dealkylation sites (tertiary alicyclic amines) is 1. The SMILES string of the molecule is NC(=O)C1CCCN1Cc1ccc(F)cc1C=CC(=O)O. The molecule has 5 nitrogen and oxygen atoms in total. The standard InChI is InChI=1S/C15H17FN2O3/c16-12-5-3-11(10(8-12)4-6-14(19)20)9-18-7-1-2-13(18)15(17)21/h3-6,8,13H,1-2,7,9H2,(H2,17,21)(H,19,20). The van der Waals surface area contributed by atoms with E-state index in [0.29, 0.717) is 12.1 Å². The number of nitrogens with two attached hydrogens (primary N) is 1. The third-order valence-electron chi connectivity index (χ3n) is 3.58. The lowest BCUT2D eigenvalue weighted by atomic mass is 10.1. The van der Waals surface area contributed by atoms with Gasteiger partial charge in [-0.25, -0.2) is 9.18 Å². The zero-order chi connectivity index (χ0) is 15.4. The number of aliphatic carboxylic acids is 1. The Balaban J connectivity index is 2.23. The predicted molar refractivity (Wildman–Crippen MR) is 75.7 cm³/mol. The molecule has 1 atom stereocenters. The summed E-state index contributed by atoms with van der Waals surface area (Å²) in [4.78, 5) is 23.9. The molecular formula is C15H17FN2O3. The Morgan fingerprint density at radius 3 is 2.90 bits per heavy atom. The van der Waals surface area contributed by atoms with Gasteiger partial charge in [-0.05, 0) is 48.7 Å². The van der Waals surface area contributed by atoms with Crippen molar-refractivity contribution in [2.45, 2.75) is 25.4 Å². The van der Waals surface area contributed by atoms with E-state index in [4.69, 9.17) is 10.8 Å². The molecule has 1 aromatic carbocycles. The summed E-state index contributed by atoms with van der Waals surface area (Å²) in [5.74, 6) is -1.89. The maximum absolute atomic E-state index is 13.3. The average Bonchev–Trinajstić information content (AvgIpc) is 2.87. The smallest absolute Gasteiger partial charge is 0.328 e. The van der Waals surface area contributed by atoms with Crippen molar-refractivity contribution in [3.8, 4) is 0 Å². The van der Waals surface area contributed by atoms with E-state index in [2.05, 4.69) is 0 Å². The highest BCUT2D eigenvalue weighted by molar-refractivity contribution is 5.85. The molecule has 1 fully saturated rings. The molecule has 3 N–H and O–H groups in total. The molecule has 1 unspecified atom stereocenters. The molecule has 0 spiro atoms. The van der Waals surface area contributed by atoms with E-state index < -0.39 is 11.8 Å². The number of carboxylic acids is 1. The van der Waals surface area contributed by atoms with E-state index in [1.165, 1.54) is 18.2 Å². The molecule has 1 amide bonds. The van der Waals surface area contributed by atoms with Gasteiger partial charge in [-0.2, -0.15) is 0 Å². The van der Waals surface area contributed by atoms with Gasteiger partial charge in [-0.3, -0.25) is 9.69 Å². The van der Waals surface area contributed by atoms with Crippen molar-refractivity contribution in [3.63, 3.8) is 0 Å². The number of carbonyl (C=O) groups is 2. The van der Waals surface area contributed by atoms with Gasteiger partial charge in [0.25, 0.3) is 0 Å². The minimum absolute atomic E-state index is 0.314. The van der Waals surface area contributed by atoms with Gasteiger partial charge in [-0.1, -0.05) is 6.07 Å². The average molecular weight is 292 g/mol. The second-order valence-corrected chi connectivity index (χ2v) is 5.05. The number of benzene rings is 1. The Kier molecular flexibility index (Phi) is 4.70. The zero-order valence-electron chi connectivity index (χ0n) is 11.5. The molecule has 1 saturated heterocycles. The highest BCUT2D eigenvalue weighted by Gasteiger charge is 2.29. The molecule has 1 aromatic rings. The molecule has 112 valence electrons. The normalized spacial score (nSPS) is 19.2. The Morgan fingerprint density at radius 1 is 1.48 bits per heavy atom. The van der Waals surface area contributed by atoms with E-state index in [1.807, 2.05) is 4.90 Å². The van der Waals surface area contributed by atoms with Crippen LogP contribution >= 0.6 is 0 Å². The fourth-order valence-corrected chi connectivity index (χ4v) is 2.58. The van der Waals surface area contributed by atoms with Crippen molar-refractivity contribution in [2.75, 3.05) is 6.54 Å². The van der Waals surface area contributed by atoms with Gasteiger partial charge < -0.3 is 10.8 Å². The van der Waals surface area contributed by atoms with Crippen LogP contribution in [-0.2, 0) is 16.1 Å². The van der Waals surface area contributed by atoms with Crippen molar-refractivity contribution in [3.05, 3.63) is 41.2 Å². The van der Waals surface area contributed by atoms with Crippen LogP contribution in [-0.4, -0.2) is 34.5 Å². The maximum Gasteiger partial charge on any atom is 0.328 e. The van der Waals surface area contributed by atoms with Crippen molar-refractivity contribution in [2.24, 2.45) is 5.73 Å². The quantitative estimate of drug-likeness (QED) is 0.803. The summed E-state index contributed by atoms with van der Waals surface area (Å²) in [6.07, 6.45) is 3.93. The van der Waals surface area contributed by atoms with Crippen LogP contribution < -0.4 is 5.73 Å². The van der Waals surface area contributed by atoms with Gasteiger partial charge in [-0.15, -0.1) is 0 Å². The molecule has 0 radical (unpaired) electrons. The largest absolute Gasteiger partial charge is 0.478 e. The second-order valence-electron chi connectivity index (χ2n) is 5.05. The number of hydrogen-bond acceptors (Lipinski definition) is 3. The zero-order valence-corrected chi connectivity index (χ0v) is 11.5. The van der Waals surface area contributed by atoms with Crippen LogP contribution in [0.25, 0.3) is 6.08 Å². The van der Waals surface area contributed by atoms with E-state index in [1.54, 1.807) is 6.07 Å². The fraction of sp³-hybridized carbons (Fsp3) is 0.333. The molecule has 1 aliphatic rings.